The van der Waals surface area contributed by atoms with Crippen molar-refractivity contribution in [1.82, 2.24) is 0 Å². The van der Waals surface area contributed by atoms with Crippen molar-refractivity contribution in [2.75, 3.05) is 6.79 Å². The lowest BCUT2D eigenvalue weighted by atomic mass is 10.0. The first-order chi connectivity index (χ1) is 9.15. The summed E-state index contributed by atoms with van der Waals surface area (Å²) in [5, 5.41) is 10.6. The van der Waals surface area contributed by atoms with E-state index in [1.165, 1.54) is 12.1 Å². The Bertz CT molecular complexity index is 630. The lowest BCUT2D eigenvalue weighted by molar-refractivity contribution is 0.173. The zero-order valence-electron chi connectivity index (χ0n) is 9.77. The molecule has 0 saturated heterocycles. The van der Waals surface area contributed by atoms with Crippen molar-refractivity contribution in [3.8, 4) is 11.5 Å². The van der Waals surface area contributed by atoms with Gasteiger partial charge < -0.3 is 14.6 Å². The van der Waals surface area contributed by atoms with Gasteiger partial charge in [0, 0.05) is 0 Å². The second-order valence-corrected chi connectivity index (χ2v) is 4.60. The molecule has 0 aromatic heterocycles. The maximum Gasteiger partial charge on any atom is 0.231 e. The van der Waals surface area contributed by atoms with E-state index in [1.54, 1.807) is 24.3 Å². The number of benzene rings is 2. The lowest BCUT2D eigenvalue weighted by Crippen LogP contribution is -2.00. The van der Waals surface area contributed by atoms with Crippen LogP contribution in [-0.4, -0.2) is 11.9 Å². The second-order valence-electron chi connectivity index (χ2n) is 4.19. The van der Waals surface area contributed by atoms with E-state index in [2.05, 4.69) is 0 Å². The van der Waals surface area contributed by atoms with Gasteiger partial charge in [0.15, 0.2) is 11.5 Å². The highest BCUT2D eigenvalue weighted by Crippen LogP contribution is 2.41. The van der Waals surface area contributed by atoms with Crippen LogP contribution in [0.3, 0.4) is 0 Å². The summed E-state index contributed by atoms with van der Waals surface area (Å²) >= 11 is 6.05. The summed E-state index contributed by atoms with van der Waals surface area (Å²) in [6, 6.07) is 9.02. The first-order valence-corrected chi connectivity index (χ1v) is 6.05. The van der Waals surface area contributed by atoms with Gasteiger partial charge in [-0.25, -0.2) is 4.39 Å². The summed E-state index contributed by atoms with van der Waals surface area (Å²) in [7, 11) is 0. The minimum absolute atomic E-state index is 0.106. The highest BCUT2D eigenvalue weighted by Gasteiger charge is 2.21. The third kappa shape index (κ3) is 2.25. The van der Waals surface area contributed by atoms with Crippen LogP contribution >= 0.6 is 11.6 Å². The van der Waals surface area contributed by atoms with Crippen molar-refractivity contribution in [2.45, 2.75) is 6.10 Å². The molecular formula is C14H10ClFO3. The smallest absolute Gasteiger partial charge is 0.231 e. The van der Waals surface area contributed by atoms with Crippen molar-refractivity contribution in [2.24, 2.45) is 0 Å². The highest BCUT2D eigenvalue weighted by molar-refractivity contribution is 6.32. The Morgan fingerprint density at radius 3 is 2.79 bits per heavy atom. The van der Waals surface area contributed by atoms with Gasteiger partial charge in [-0.1, -0.05) is 23.7 Å². The van der Waals surface area contributed by atoms with E-state index >= 15 is 0 Å². The summed E-state index contributed by atoms with van der Waals surface area (Å²) in [4.78, 5) is 0. The van der Waals surface area contributed by atoms with Crippen molar-refractivity contribution < 1.29 is 19.0 Å². The summed E-state index contributed by atoms with van der Waals surface area (Å²) < 4.78 is 23.6. The topological polar surface area (TPSA) is 38.7 Å². The highest BCUT2D eigenvalue weighted by atomic mass is 35.5. The van der Waals surface area contributed by atoms with Gasteiger partial charge in [-0.2, -0.15) is 0 Å². The molecule has 0 fully saturated rings. The van der Waals surface area contributed by atoms with Crippen LogP contribution in [0.1, 0.15) is 17.2 Å². The molecule has 3 rings (SSSR count). The Labute approximate surface area is 114 Å². The number of fused-ring (bicyclic) bond motifs is 1. The molecule has 2 aromatic carbocycles. The molecule has 1 atom stereocenters. The fourth-order valence-electron chi connectivity index (χ4n) is 2.01. The van der Waals surface area contributed by atoms with E-state index < -0.39 is 11.9 Å². The summed E-state index contributed by atoms with van der Waals surface area (Å²) in [6.45, 7) is 0.106. The number of hydrogen-bond acceptors (Lipinski definition) is 3. The fourth-order valence-corrected chi connectivity index (χ4v) is 2.29. The predicted octanol–water partition coefficient (Wildman–Crippen LogP) is 3.29. The number of halogens is 2. The first-order valence-electron chi connectivity index (χ1n) is 5.68. The molecule has 1 aliphatic rings. The van der Waals surface area contributed by atoms with Crippen LogP contribution < -0.4 is 9.47 Å². The van der Waals surface area contributed by atoms with Crippen LogP contribution in [-0.2, 0) is 0 Å². The Kier molecular flexibility index (Phi) is 3.05. The lowest BCUT2D eigenvalue weighted by Gasteiger charge is -2.13. The van der Waals surface area contributed by atoms with Crippen LogP contribution in [0.5, 0.6) is 11.5 Å². The van der Waals surface area contributed by atoms with Crippen molar-refractivity contribution in [3.05, 3.63) is 58.4 Å². The van der Waals surface area contributed by atoms with Gasteiger partial charge in [0.2, 0.25) is 6.79 Å². The molecule has 1 aliphatic heterocycles. The monoisotopic (exact) mass is 280 g/mol. The third-order valence-electron chi connectivity index (χ3n) is 2.93. The van der Waals surface area contributed by atoms with E-state index in [1.807, 2.05) is 0 Å². The minimum atomic E-state index is -0.970. The van der Waals surface area contributed by atoms with Crippen LogP contribution in [0.25, 0.3) is 0 Å². The second kappa shape index (κ2) is 4.72. The molecule has 0 aliphatic carbocycles. The molecule has 0 spiro atoms. The standard InChI is InChI=1S/C14H10ClFO3/c15-11-5-9(6-12-14(11)19-7-18-12)13(17)8-2-1-3-10(16)4-8/h1-6,13,17H,7H2. The number of aliphatic hydroxyl groups is 1. The van der Waals surface area contributed by atoms with Gasteiger partial charge in [0.25, 0.3) is 0 Å². The van der Waals surface area contributed by atoms with Gasteiger partial charge >= 0.3 is 0 Å². The Morgan fingerprint density at radius 1 is 1.16 bits per heavy atom. The average molecular weight is 281 g/mol. The van der Waals surface area contributed by atoms with Gasteiger partial charge in [0.05, 0.1) is 5.02 Å². The van der Waals surface area contributed by atoms with Crippen LogP contribution in [0.15, 0.2) is 36.4 Å². The van der Waals surface area contributed by atoms with Crippen molar-refractivity contribution in [1.29, 1.82) is 0 Å². The van der Waals surface area contributed by atoms with Crippen LogP contribution in [0.4, 0.5) is 4.39 Å². The van der Waals surface area contributed by atoms with Gasteiger partial charge in [-0.05, 0) is 35.4 Å². The van der Waals surface area contributed by atoms with Crippen molar-refractivity contribution >= 4 is 11.6 Å². The van der Waals surface area contributed by atoms with E-state index in [0.717, 1.165) is 0 Å². The molecule has 3 nitrogen and oxygen atoms in total. The third-order valence-corrected chi connectivity index (χ3v) is 3.21. The Morgan fingerprint density at radius 2 is 2.00 bits per heavy atom. The van der Waals surface area contributed by atoms with Gasteiger partial charge in [0.1, 0.15) is 11.9 Å². The largest absolute Gasteiger partial charge is 0.454 e. The van der Waals surface area contributed by atoms with Crippen molar-refractivity contribution in [3.63, 3.8) is 0 Å². The first kappa shape index (κ1) is 12.3. The van der Waals surface area contributed by atoms with Crippen LogP contribution in [0, 0.1) is 5.82 Å². The molecule has 2 aromatic rings. The van der Waals surface area contributed by atoms with Gasteiger partial charge in [-0.3, -0.25) is 0 Å². The molecule has 5 heteroatoms. The molecule has 0 radical (unpaired) electrons. The SMILES string of the molecule is OC(c1cccc(F)c1)c1cc(Cl)c2c(c1)OCO2. The predicted molar refractivity (Wildman–Crippen MR) is 68.0 cm³/mol. The average Bonchev–Trinajstić information content (AvgIpc) is 2.86. The molecule has 0 bridgehead atoms. The molecule has 1 heterocycles. The molecule has 1 unspecified atom stereocenters. The Balaban J connectivity index is 2.00. The normalized spacial score (nSPS) is 14.5. The maximum atomic E-state index is 13.2. The number of ether oxygens (including phenoxy) is 2. The zero-order chi connectivity index (χ0) is 13.4. The summed E-state index contributed by atoms with van der Waals surface area (Å²) in [5.41, 5.74) is 0.981. The molecule has 0 saturated carbocycles. The zero-order valence-corrected chi connectivity index (χ0v) is 10.5. The van der Waals surface area contributed by atoms with E-state index in [-0.39, 0.29) is 6.79 Å². The maximum absolute atomic E-state index is 13.2. The fraction of sp³-hybridized carbons (Fsp3) is 0.143. The summed E-state index contributed by atoms with van der Waals surface area (Å²) in [5.74, 6) is 0.554. The molecule has 0 amide bonds. The van der Waals surface area contributed by atoms with Crippen LogP contribution in [0.2, 0.25) is 5.02 Å². The number of hydrogen-bond donors (Lipinski definition) is 1. The molecule has 19 heavy (non-hydrogen) atoms. The number of aliphatic hydroxyl groups excluding tert-OH is 1. The molecule has 98 valence electrons. The Hall–Kier alpha value is -1.78. The van der Waals surface area contributed by atoms with Gasteiger partial charge in [-0.15, -0.1) is 0 Å². The van der Waals surface area contributed by atoms with E-state index in [0.29, 0.717) is 27.6 Å². The van der Waals surface area contributed by atoms with E-state index in [9.17, 15) is 9.50 Å². The quantitative estimate of drug-likeness (QED) is 0.917. The van der Waals surface area contributed by atoms with E-state index in [4.69, 9.17) is 21.1 Å². The number of rotatable bonds is 2. The minimum Gasteiger partial charge on any atom is -0.454 e. The molecule has 1 N–H and O–H groups in total. The summed E-state index contributed by atoms with van der Waals surface area (Å²) in [6.07, 6.45) is -0.970. The molecular weight excluding hydrogens is 271 g/mol.